The Labute approximate surface area is 283 Å². The molecule has 0 spiro atoms. The lowest BCUT2D eigenvalue weighted by molar-refractivity contribution is -0.140. The Hall–Kier alpha value is -4.46. The first-order valence-corrected chi connectivity index (χ1v) is 18.3. The highest BCUT2D eigenvalue weighted by molar-refractivity contribution is 7.91. The van der Waals surface area contributed by atoms with Crippen LogP contribution >= 0.6 is 0 Å². The van der Waals surface area contributed by atoms with Gasteiger partial charge in [0, 0.05) is 18.0 Å². The molecule has 7 rings (SSSR count). The number of fused-ring (bicyclic) bond motifs is 3. The topological polar surface area (TPSA) is 160 Å². The zero-order valence-electron chi connectivity index (χ0n) is 27.2. The van der Waals surface area contributed by atoms with E-state index in [1.165, 1.54) is 17.0 Å². The van der Waals surface area contributed by atoms with Gasteiger partial charge in [-0.15, -0.1) is 0 Å². The molecular formula is C35H40FN5O7S. The summed E-state index contributed by atoms with van der Waals surface area (Å²) in [6.45, 7) is 1.61. The molecule has 0 bridgehead atoms. The van der Waals surface area contributed by atoms with E-state index in [0.29, 0.717) is 42.5 Å². The molecule has 260 valence electrons. The number of anilines is 1. The van der Waals surface area contributed by atoms with Crippen LogP contribution in [0.5, 0.6) is 6.08 Å². The van der Waals surface area contributed by atoms with Crippen LogP contribution < -0.4 is 20.1 Å². The second-order valence-corrected chi connectivity index (χ2v) is 16.1. The third-order valence-electron chi connectivity index (χ3n) is 10.2. The predicted octanol–water partition coefficient (Wildman–Crippen LogP) is 4.19. The molecule has 12 nitrogen and oxygen atoms in total. The number of nitrogens with one attached hydrogen (secondary N) is 3. The number of benzene rings is 2. The fraction of sp³-hybridized carbons (Fsp3) is 0.486. The number of carbonyl (C=O) groups is 3. The quantitative estimate of drug-likeness (QED) is 0.309. The van der Waals surface area contributed by atoms with Crippen molar-refractivity contribution >= 4 is 44.5 Å². The molecule has 2 aromatic carbocycles. The fourth-order valence-electron chi connectivity index (χ4n) is 6.77. The Morgan fingerprint density at radius 1 is 1.12 bits per heavy atom. The molecule has 1 saturated heterocycles. The van der Waals surface area contributed by atoms with Crippen LogP contribution in [0.4, 0.5) is 10.1 Å². The van der Waals surface area contributed by atoms with Crippen molar-refractivity contribution in [3.05, 3.63) is 66.5 Å². The molecule has 2 saturated carbocycles. The first kappa shape index (κ1) is 33.1. The summed E-state index contributed by atoms with van der Waals surface area (Å²) in [6, 6.07) is 11.2. The van der Waals surface area contributed by atoms with E-state index in [9.17, 15) is 27.2 Å². The lowest BCUT2D eigenvalue weighted by Gasteiger charge is -2.30. The van der Waals surface area contributed by atoms with Crippen LogP contribution in [-0.2, 0) is 24.4 Å². The molecule has 1 aromatic heterocycles. The first-order valence-electron chi connectivity index (χ1n) is 16.9. The van der Waals surface area contributed by atoms with Gasteiger partial charge in [0.05, 0.1) is 11.3 Å². The Morgan fingerprint density at radius 3 is 2.71 bits per heavy atom. The molecule has 3 amide bonds. The minimum absolute atomic E-state index is 0.00162. The van der Waals surface area contributed by atoms with E-state index in [-0.39, 0.29) is 31.4 Å². The van der Waals surface area contributed by atoms with Gasteiger partial charge in [-0.05, 0) is 75.8 Å². The second kappa shape index (κ2) is 12.8. The van der Waals surface area contributed by atoms with E-state index in [0.717, 1.165) is 19.3 Å². The minimum Gasteiger partial charge on any atom is -0.445 e. The molecule has 3 N–H and O–H groups in total. The molecule has 2 aliphatic heterocycles. The highest BCUT2D eigenvalue weighted by Gasteiger charge is 2.63. The van der Waals surface area contributed by atoms with Gasteiger partial charge in [-0.1, -0.05) is 43.2 Å². The molecule has 14 heteroatoms. The smallest absolute Gasteiger partial charge is 0.394 e. The zero-order valence-corrected chi connectivity index (χ0v) is 28.0. The number of nitrogens with zero attached hydrogens (tertiary/aromatic N) is 2. The number of allylic oxidation sites excluding steroid dienone is 1. The molecule has 4 aliphatic rings. The number of hydrogen-bond acceptors (Lipinski definition) is 9. The van der Waals surface area contributed by atoms with E-state index in [1.807, 2.05) is 18.2 Å². The lowest BCUT2D eigenvalue weighted by atomic mass is 10.0. The van der Waals surface area contributed by atoms with Crippen LogP contribution in [-0.4, -0.2) is 71.0 Å². The lowest BCUT2D eigenvalue weighted by Crippen LogP contribution is -2.58. The van der Waals surface area contributed by atoms with E-state index < -0.39 is 62.0 Å². The summed E-state index contributed by atoms with van der Waals surface area (Å²) >= 11 is 0. The summed E-state index contributed by atoms with van der Waals surface area (Å²) in [4.78, 5) is 48.1. The maximum absolute atomic E-state index is 14.4. The van der Waals surface area contributed by atoms with E-state index >= 15 is 0 Å². The molecule has 5 atom stereocenters. The largest absolute Gasteiger partial charge is 0.445 e. The van der Waals surface area contributed by atoms with Crippen LogP contribution in [0.1, 0.15) is 64.7 Å². The third kappa shape index (κ3) is 6.75. The third-order valence-corrected chi connectivity index (χ3v) is 12.3. The van der Waals surface area contributed by atoms with Crippen molar-refractivity contribution in [2.75, 3.05) is 11.9 Å². The number of oxazole rings is 1. The molecule has 2 aliphatic carbocycles. The van der Waals surface area contributed by atoms with Crippen LogP contribution in [0.15, 0.2) is 65.1 Å². The monoisotopic (exact) mass is 693 g/mol. The van der Waals surface area contributed by atoms with Gasteiger partial charge in [0.25, 0.3) is 5.91 Å². The number of rotatable bonds is 7. The minimum atomic E-state index is -3.96. The number of ether oxygens (including phenoxy) is 1. The van der Waals surface area contributed by atoms with Crippen molar-refractivity contribution in [2.24, 2.45) is 5.92 Å². The summed E-state index contributed by atoms with van der Waals surface area (Å²) < 4.78 is 53.3. The SMILES string of the molecule is CC1(S(=O)(=O)NC(=O)[C@@]23C[C@H]2/C=C\CCCCC[C@H](Nc2cccc(F)c2)C(=O)N2C[C@H](Oc4nc5ccccc5o4)C[C@H]2C(=O)N3)CC1. The molecule has 49 heavy (non-hydrogen) atoms. The van der Waals surface area contributed by atoms with Gasteiger partial charge in [-0.2, -0.15) is 4.98 Å². The molecule has 3 aromatic rings. The molecule has 0 radical (unpaired) electrons. The van der Waals surface area contributed by atoms with Gasteiger partial charge < -0.3 is 24.7 Å². The zero-order chi connectivity index (χ0) is 34.4. The molecule has 3 fully saturated rings. The van der Waals surface area contributed by atoms with Crippen molar-refractivity contribution in [3.8, 4) is 6.08 Å². The van der Waals surface area contributed by atoms with Crippen molar-refractivity contribution < 1.29 is 36.3 Å². The summed E-state index contributed by atoms with van der Waals surface area (Å²) in [7, 11) is -3.96. The van der Waals surface area contributed by atoms with Gasteiger partial charge in [0.15, 0.2) is 5.58 Å². The van der Waals surface area contributed by atoms with E-state index in [1.54, 1.807) is 37.3 Å². The van der Waals surface area contributed by atoms with Crippen molar-refractivity contribution in [1.29, 1.82) is 0 Å². The summed E-state index contributed by atoms with van der Waals surface area (Å²) in [5, 5.41) is 6.06. The Morgan fingerprint density at radius 2 is 1.94 bits per heavy atom. The highest BCUT2D eigenvalue weighted by atomic mass is 32.2. The number of aromatic nitrogens is 1. The van der Waals surface area contributed by atoms with Crippen molar-refractivity contribution in [1.82, 2.24) is 19.9 Å². The van der Waals surface area contributed by atoms with Crippen LogP contribution in [0.2, 0.25) is 0 Å². The van der Waals surface area contributed by atoms with Gasteiger partial charge >= 0.3 is 6.08 Å². The van der Waals surface area contributed by atoms with E-state index in [4.69, 9.17) is 9.15 Å². The van der Waals surface area contributed by atoms with Crippen molar-refractivity contribution in [3.63, 3.8) is 0 Å². The highest BCUT2D eigenvalue weighted by Crippen LogP contribution is 2.47. The predicted molar refractivity (Wildman–Crippen MR) is 178 cm³/mol. The van der Waals surface area contributed by atoms with Crippen molar-refractivity contribution in [2.45, 2.75) is 93.2 Å². The van der Waals surface area contributed by atoms with Crippen LogP contribution in [0.3, 0.4) is 0 Å². The molecule has 3 heterocycles. The number of amides is 3. The van der Waals surface area contributed by atoms with Gasteiger partial charge in [-0.3, -0.25) is 19.1 Å². The molecule has 0 unspecified atom stereocenters. The first-order chi connectivity index (χ1) is 23.5. The van der Waals surface area contributed by atoms with E-state index in [2.05, 4.69) is 20.3 Å². The normalized spacial score (nSPS) is 29.1. The summed E-state index contributed by atoms with van der Waals surface area (Å²) in [6.07, 6.45) is 7.83. The average molecular weight is 694 g/mol. The van der Waals surface area contributed by atoms with Crippen LogP contribution in [0, 0.1) is 11.7 Å². The number of para-hydroxylation sites is 2. The van der Waals surface area contributed by atoms with Gasteiger partial charge in [0.2, 0.25) is 21.8 Å². The maximum Gasteiger partial charge on any atom is 0.394 e. The molecular weight excluding hydrogens is 653 g/mol. The Balaban J connectivity index is 1.18. The second-order valence-electron chi connectivity index (χ2n) is 13.9. The number of carbonyl (C=O) groups excluding carboxylic acids is 3. The fourth-order valence-corrected chi connectivity index (χ4v) is 8.08. The standard InChI is InChI=1S/C35H40FN5O7S/c1-34(16-17-34)49(45,46)40-32(44)35-20-22(35)10-5-3-2-4-6-14-27(37-24-12-9-11-23(36)18-24)31(43)41-21-25(19-28(41)30(42)39-35)47-33-38-26-13-7-8-15-29(26)48-33/h5,7-13,15,18,22,25,27-28,37H,2-4,6,14,16-17,19-21H2,1H3,(H,39,42)(H,40,44)/b10-5-/t22-,25-,27+,28+,35-/m1/s1. The summed E-state index contributed by atoms with van der Waals surface area (Å²) in [5.74, 6) is -2.63. The van der Waals surface area contributed by atoms with Gasteiger partial charge in [0.1, 0.15) is 35.1 Å². The average Bonchev–Trinajstić information content (AvgIpc) is 3.87. The Kier molecular flexibility index (Phi) is 8.62. The van der Waals surface area contributed by atoms with Gasteiger partial charge in [-0.25, -0.2) is 12.8 Å². The number of sulfonamides is 1. The Bertz CT molecular complexity index is 1880. The maximum atomic E-state index is 14.4. The number of hydrogen-bond donors (Lipinski definition) is 3. The van der Waals surface area contributed by atoms with Crippen LogP contribution in [0.25, 0.3) is 11.1 Å². The number of halogens is 1. The summed E-state index contributed by atoms with van der Waals surface area (Å²) in [5.41, 5.74) is 0.0588.